The van der Waals surface area contributed by atoms with Crippen molar-refractivity contribution in [2.45, 2.75) is 19.5 Å². The highest BCUT2D eigenvalue weighted by molar-refractivity contribution is 5.27. The second kappa shape index (κ2) is 6.22. The van der Waals surface area contributed by atoms with E-state index in [1.165, 1.54) is 11.1 Å². The highest BCUT2D eigenvalue weighted by atomic mass is 16.5. The van der Waals surface area contributed by atoms with Crippen molar-refractivity contribution >= 4 is 0 Å². The Labute approximate surface area is 109 Å². The van der Waals surface area contributed by atoms with Crippen molar-refractivity contribution in [1.82, 2.24) is 0 Å². The van der Waals surface area contributed by atoms with Crippen LogP contribution < -0.4 is 10.1 Å². The number of quaternary nitrogens is 1. The van der Waals surface area contributed by atoms with Crippen LogP contribution in [0.1, 0.15) is 24.1 Å². The van der Waals surface area contributed by atoms with E-state index in [-0.39, 0.29) is 0 Å². The molecule has 0 heterocycles. The first-order valence-electron chi connectivity index (χ1n) is 6.31. The number of ether oxygens (including phenoxy) is 1. The smallest absolute Gasteiger partial charge is 0.119 e. The van der Waals surface area contributed by atoms with Gasteiger partial charge in [0.2, 0.25) is 0 Å². The number of hydrogen-bond acceptors (Lipinski definition) is 1. The minimum Gasteiger partial charge on any atom is -0.497 e. The summed E-state index contributed by atoms with van der Waals surface area (Å²) < 4.78 is 5.23. The van der Waals surface area contributed by atoms with Gasteiger partial charge < -0.3 is 10.1 Å². The SMILES string of the molecule is COc1cccc(C[NH2+][C@@H](C)c2ccccc2)c1. The van der Waals surface area contributed by atoms with Gasteiger partial charge in [0.15, 0.2) is 0 Å². The van der Waals surface area contributed by atoms with Crippen molar-refractivity contribution in [2.24, 2.45) is 0 Å². The van der Waals surface area contributed by atoms with Crippen LogP contribution in [0.5, 0.6) is 5.75 Å². The Morgan fingerprint density at radius 2 is 1.83 bits per heavy atom. The van der Waals surface area contributed by atoms with Gasteiger partial charge in [0, 0.05) is 11.1 Å². The first kappa shape index (κ1) is 12.7. The zero-order chi connectivity index (χ0) is 12.8. The number of benzene rings is 2. The molecule has 2 rings (SSSR count). The summed E-state index contributed by atoms with van der Waals surface area (Å²) in [5.74, 6) is 0.924. The van der Waals surface area contributed by atoms with Gasteiger partial charge in [0.25, 0.3) is 0 Å². The Morgan fingerprint density at radius 1 is 1.06 bits per heavy atom. The van der Waals surface area contributed by atoms with E-state index in [4.69, 9.17) is 4.74 Å². The van der Waals surface area contributed by atoms with Crippen molar-refractivity contribution < 1.29 is 10.1 Å². The van der Waals surface area contributed by atoms with Gasteiger partial charge in [0.1, 0.15) is 18.3 Å². The third-order valence-electron chi connectivity index (χ3n) is 3.17. The van der Waals surface area contributed by atoms with E-state index in [0.29, 0.717) is 6.04 Å². The molecule has 0 amide bonds. The molecule has 0 bridgehead atoms. The molecule has 0 unspecified atom stereocenters. The van der Waals surface area contributed by atoms with Gasteiger partial charge in [-0.3, -0.25) is 0 Å². The lowest BCUT2D eigenvalue weighted by atomic mass is 10.1. The van der Waals surface area contributed by atoms with Crippen LogP contribution in [0.15, 0.2) is 54.6 Å². The Balaban J connectivity index is 1.95. The van der Waals surface area contributed by atoms with Crippen molar-refractivity contribution in [1.29, 1.82) is 0 Å². The summed E-state index contributed by atoms with van der Waals surface area (Å²) >= 11 is 0. The highest BCUT2D eigenvalue weighted by Gasteiger charge is 2.07. The molecule has 0 saturated heterocycles. The fourth-order valence-corrected chi connectivity index (χ4v) is 2.00. The summed E-state index contributed by atoms with van der Waals surface area (Å²) in [5.41, 5.74) is 2.65. The molecular formula is C16H20NO+. The maximum atomic E-state index is 5.23. The maximum absolute atomic E-state index is 5.23. The molecule has 2 aromatic rings. The monoisotopic (exact) mass is 242 g/mol. The molecule has 2 aromatic carbocycles. The molecule has 0 spiro atoms. The quantitative estimate of drug-likeness (QED) is 0.856. The van der Waals surface area contributed by atoms with Crippen LogP contribution in [0, 0.1) is 0 Å². The zero-order valence-corrected chi connectivity index (χ0v) is 11.0. The number of methoxy groups -OCH3 is 1. The van der Waals surface area contributed by atoms with Crippen LogP contribution in [-0.4, -0.2) is 7.11 Å². The van der Waals surface area contributed by atoms with E-state index in [2.05, 4.69) is 54.7 Å². The van der Waals surface area contributed by atoms with Crippen LogP contribution >= 0.6 is 0 Å². The molecule has 0 fully saturated rings. The second-order valence-electron chi connectivity index (χ2n) is 4.49. The van der Waals surface area contributed by atoms with Gasteiger partial charge >= 0.3 is 0 Å². The predicted octanol–water partition coefficient (Wildman–Crippen LogP) is 2.52. The van der Waals surface area contributed by atoms with E-state index >= 15 is 0 Å². The Morgan fingerprint density at radius 3 is 2.56 bits per heavy atom. The maximum Gasteiger partial charge on any atom is 0.119 e. The highest BCUT2D eigenvalue weighted by Crippen LogP contribution is 2.12. The van der Waals surface area contributed by atoms with Gasteiger partial charge in [-0.15, -0.1) is 0 Å². The molecule has 1 atom stereocenters. The largest absolute Gasteiger partial charge is 0.497 e. The van der Waals surface area contributed by atoms with Crippen LogP contribution in [0.3, 0.4) is 0 Å². The lowest BCUT2D eigenvalue weighted by Crippen LogP contribution is -2.83. The molecule has 2 N–H and O–H groups in total. The van der Waals surface area contributed by atoms with E-state index in [1.807, 2.05) is 12.1 Å². The second-order valence-corrected chi connectivity index (χ2v) is 4.49. The summed E-state index contributed by atoms with van der Waals surface area (Å²) in [6, 6.07) is 19.3. The molecule has 0 aliphatic rings. The standard InChI is InChI=1S/C16H19NO/c1-13(15-8-4-3-5-9-15)17-12-14-7-6-10-16(11-14)18-2/h3-11,13,17H,12H2,1-2H3/p+1/t13-/m0/s1. The number of nitrogens with two attached hydrogens (primary N) is 1. The van der Waals surface area contributed by atoms with Crippen molar-refractivity contribution in [3.8, 4) is 5.75 Å². The van der Waals surface area contributed by atoms with Crippen molar-refractivity contribution in [3.63, 3.8) is 0 Å². The van der Waals surface area contributed by atoms with E-state index < -0.39 is 0 Å². The van der Waals surface area contributed by atoms with Crippen molar-refractivity contribution in [3.05, 3.63) is 65.7 Å². The third kappa shape index (κ3) is 3.34. The molecule has 2 nitrogen and oxygen atoms in total. The minimum atomic E-state index is 0.470. The molecule has 0 saturated carbocycles. The fraction of sp³-hybridized carbons (Fsp3) is 0.250. The summed E-state index contributed by atoms with van der Waals surface area (Å²) in [4.78, 5) is 0. The Kier molecular flexibility index (Phi) is 4.37. The molecule has 94 valence electrons. The molecule has 18 heavy (non-hydrogen) atoms. The summed E-state index contributed by atoms with van der Waals surface area (Å²) in [7, 11) is 1.70. The fourth-order valence-electron chi connectivity index (χ4n) is 2.00. The average Bonchev–Trinajstić information content (AvgIpc) is 2.46. The lowest BCUT2D eigenvalue weighted by molar-refractivity contribution is -0.707. The molecule has 0 aliphatic heterocycles. The molecule has 0 aromatic heterocycles. The third-order valence-corrected chi connectivity index (χ3v) is 3.17. The first-order valence-corrected chi connectivity index (χ1v) is 6.31. The number of rotatable bonds is 5. The zero-order valence-electron chi connectivity index (χ0n) is 11.0. The molecular weight excluding hydrogens is 222 g/mol. The predicted molar refractivity (Wildman–Crippen MR) is 73.5 cm³/mol. The van der Waals surface area contributed by atoms with E-state index in [0.717, 1.165) is 12.3 Å². The van der Waals surface area contributed by atoms with E-state index in [9.17, 15) is 0 Å². The van der Waals surface area contributed by atoms with Gasteiger partial charge in [-0.25, -0.2) is 0 Å². The molecule has 0 aliphatic carbocycles. The summed E-state index contributed by atoms with van der Waals surface area (Å²) in [5, 5.41) is 2.34. The van der Waals surface area contributed by atoms with Gasteiger partial charge in [-0.05, 0) is 19.1 Å². The first-order chi connectivity index (χ1) is 8.79. The average molecular weight is 242 g/mol. The molecule has 2 heteroatoms. The van der Waals surface area contributed by atoms with Crippen LogP contribution in [0.25, 0.3) is 0 Å². The van der Waals surface area contributed by atoms with Gasteiger partial charge in [-0.1, -0.05) is 42.5 Å². The van der Waals surface area contributed by atoms with E-state index in [1.54, 1.807) is 7.11 Å². The van der Waals surface area contributed by atoms with Gasteiger partial charge in [0.05, 0.1) is 7.11 Å². The Hall–Kier alpha value is -1.80. The Bertz CT molecular complexity index is 481. The normalized spacial score (nSPS) is 12.1. The summed E-state index contributed by atoms with van der Waals surface area (Å²) in [6.45, 7) is 3.20. The van der Waals surface area contributed by atoms with Crippen LogP contribution in [0.4, 0.5) is 0 Å². The van der Waals surface area contributed by atoms with Crippen LogP contribution in [-0.2, 0) is 6.54 Å². The van der Waals surface area contributed by atoms with Crippen molar-refractivity contribution in [2.75, 3.05) is 7.11 Å². The molecule has 0 radical (unpaired) electrons. The summed E-state index contributed by atoms with van der Waals surface area (Å²) in [6.07, 6.45) is 0. The number of hydrogen-bond donors (Lipinski definition) is 1. The van der Waals surface area contributed by atoms with Gasteiger partial charge in [-0.2, -0.15) is 0 Å². The lowest BCUT2D eigenvalue weighted by Gasteiger charge is -2.11. The van der Waals surface area contributed by atoms with Crippen LogP contribution in [0.2, 0.25) is 0 Å². The minimum absolute atomic E-state index is 0.470. The topological polar surface area (TPSA) is 25.8 Å².